The second-order valence-corrected chi connectivity index (χ2v) is 6.43. The van der Waals surface area contributed by atoms with E-state index in [1.807, 2.05) is 0 Å². The van der Waals surface area contributed by atoms with Gasteiger partial charge in [0.05, 0.1) is 21.8 Å². The van der Waals surface area contributed by atoms with Crippen molar-refractivity contribution in [2.24, 2.45) is 0 Å². The van der Waals surface area contributed by atoms with Gasteiger partial charge in [0, 0.05) is 11.3 Å². The molecule has 0 saturated heterocycles. The molecule has 0 unspecified atom stereocenters. The third kappa shape index (κ3) is 5.06. The van der Waals surface area contributed by atoms with Gasteiger partial charge in [0.25, 0.3) is 0 Å². The maximum atomic E-state index is 13.8. The van der Waals surface area contributed by atoms with E-state index in [1.165, 1.54) is 42.5 Å². The Labute approximate surface area is 168 Å². The van der Waals surface area contributed by atoms with Crippen molar-refractivity contribution in [1.82, 2.24) is 0 Å². The summed E-state index contributed by atoms with van der Waals surface area (Å²) in [7, 11) is 0. The number of ether oxygens (including phenoxy) is 1. The van der Waals surface area contributed by atoms with E-state index in [9.17, 15) is 22.4 Å². The molecular weight excluding hydrogens is 410 g/mol. The number of nitrogens with one attached hydrogen (secondary N) is 1. The Bertz CT molecular complexity index is 1020. The fraction of sp³-hybridized carbons (Fsp3) is 0.0952. The van der Waals surface area contributed by atoms with Crippen molar-refractivity contribution in [1.29, 1.82) is 0 Å². The van der Waals surface area contributed by atoms with Crippen molar-refractivity contribution in [3.63, 3.8) is 0 Å². The summed E-state index contributed by atoms with van der Waals surface area (Å²) in [5, 5.41) is 2.90. The Hall–Kier alpha value is -3.06. The molecule has 0 radical (unpaired) electrons. The summed E-state index contributed by atoms with van der Waals surface area (Å²) in [5.74, 6) is -1.39. The van der Waals surface area contributed by atoms with Crippen LogP contribution in [0, 0.1) is 5.82 Å². The average Bonchev–Trinajstić information content (AvgIpc) is 2.67. The highest BCUT2D eigenvalue weighted by molar-refractivity contribution is 6.31. The van der Waals surface area contributed by atoms with Crippen molar-refractivity contribution in [3.05, 3.63) is 94.3 Å². The number of esters is 1. The van der Waals surface area contributed by atoms with E-state index in [2.05, 4.69) is 5.32 Å². The summed E-state index contributed by atoms with van der Waals surface area (Å²) in [6.07, 6.45) is -4.49. The molecular formula is C21H14ClF4NO2. The number of carbonyl (C=O) groups is 1. The molecule has 3 aromatic carbocycles. The number of carbonyl (C=O) groups excluding carboxylic acids is 1. The monoisotopic (exact) mass is 423 g/mol. The topological polar surface area (TPSA) is 38.3 Å². The van der Waals surface area contributed by atoms with Gasteiger partial charge in [-0.2, -0.15) is 13.2 Å². The molecule has 3 nitrogen and oxygen atoms in total. The number of alkyl halides is 3. The maximum absolute atomic E-state index is 13.8. The quantitative estimate of drug-likeness (QED) is 0.371. The molecule has 0 saturated carbocycles. The van der Waals surface area contributed by atoms with Gasteiger partial charge in [0.2, 0.25) is 0 Å². The van der Waals surface area contributed by atoms with Crippen molar-refractivity contribution < 1.29 is 27.1 Å². The molecule has 3 aromatic rings. The maximum Gasteiger partial charge on any atom is 0.416 e. The first-order valence-corrected chi connectivity index (χ1v) is 8.77. The molecule has 0 aliphatic heterocycles. The molecule has 0 aromatic heterocycles. The molecule has 0 aliphatic carbocycles. The van der Waals surface area contributed by atoms with Crippen LogP contribution in [0.25, 0.3) is 0 Å². The molecule has 0 fully saturated rings. The highest BCUT2D eigenvalue weighted by Crippen LogP contribution is 2.32. The Morgan fingerprint density at radius 3 is 2.45 bits per heavy atom. The minimum absolute atomic E-state index is 0.0332. The Balaban J connectivity index is 1.79. The number of halogens is 5. The summed E-state index contributed by atoms with van der Waals surface area (Å²) < 4.78 is 57.7. The lowest BCUT2D eigenvalue weighted by Crippen LogP contribution is -2.10. The predicted octanol–water partition coefficient (Wildman–Crippen LogP) is 6.60. The SMILES string of the molecule is O=C(OCc1c(F)cccc1Cl)c1ccccc1Nc1cccc(C(F)(F)F)c1. The molecule has 0 amide bonds. The van der Waals surface area contributed by atoms with Crippen LogP contribution < -0.4 is 5.32 Å². The minimum atomic E-state index is -4.49. The molecule has 150 valence electrons. The molecule has 1 N–H and O–H groups in total. The van der Waals surface area contributed by atoms with Crippen molar-refractivity contribution in [3.8, 4) is 0 Å². The third-order valence-corrected chi connectivity index (χ3v) is 4.38. The normalized spacial score (nSPS) is 11.2. The van der Waals surface area contributed by atoms with Gasteiger partial charge < -0.3 is 10.1 Å². The first-order chi connectivity index (χ1) is 13.8. The highest BCUT2D eigenvalue weighted by Gasteiger charge is 2.30. The fourth-order valence-electron chi connectivity index (χ4n) is 2.58. The van der Waals surface area contributed by atoms with E-state index in [1.54, 1.807) is 12.1 Å². The van der Waals surface area contributed by atoms with Gasteiger partial charge in [0.1, 0.15) is 12.4 Å². The molecule has 0 spiro atoms. The van der Waals surface area contributed by atoms with E-state index in [4.69, 9.17) is 16.3 Å². The Morgan fingerprint density at radius 2 is 1.72 bits per heavy atom. The van der Waals surface area contributed by atoms with Crippen molar-refractivity contribution >= 4 is 28.9 Å². The second kappa shape index (κ2) is 8.53. The van der Waals surface area contributed by atoms with E-state index in [0.717, 1.165) is 12.1 Å². The number of anilines is 2. The zero-order chi connectivity index (χ0) is 21.0. The van der Waals surface area contributed by atoms with Gasteiger partial charge >= 0.3 is 12.1 Å². The van der Waals surface area contributed by atoms with Crippen LogP contribution in [0.4, 0.5) is 28.9 Å². The molecule has 0 atom stereocenters. The van der Waals surface area contributed by atoms with E-state index in [0.29, 0.717) is 0 Å². The highest BCUT2D eigenvalue weighted by atomic mass is 35.5. The lowest BCUT2D eigenvalue weighted by Gasteiger charge is -2.14. The number of rotatable bonds is 5. The van der Waals surface area contributed by atoms with Crippen molar-refractivity contribution in [2.45, 2.75) is 12.8 Å². The fourth-order valence-corrected chi connectivity index (χ4v) is 2.80. The lowest BCUT2D eigenvalue weighted by molar-refractivity contribution is -0.137. The van der Waals surface area contributed by atoms with Gasteiger partial charge in [-0.05, 0) is 42.5 Å². The second-order valence-electron chi connectivity index (χ2n) is 6.03. The van der Waals surface area contributed by atoms with Crippen LogP contribution >= 0.6 is 11.6 Å². The van der Waals surface area contributed by atoms with Gasteiger partial charge in [-0.15, -0.1) is 0 Å². The van der Waals surface area contributed by atoms with Gasteiger partial charge in [0.15, 0.2) is 0 Å². The zero-order valence-electron chi connectivity index (χ0n) is 14.8. The number of para-hydroxylation sites is 1. The summed E-state index contributed by atoms with van der Waals surface area (Å²) >= 11 is 5.91. The Kier molecular flexibility index (Phi) is 6.08. The minimum Gasteiger partial charge on any atom is -0.457 e. The zero-order valence-corrected chi connectivity index (χ0v) is 15.5. The molecule has 3 rings (SSSR count). The van der Waals surface area contributed by atoms with Crippen LogP contribution in [-0.4, -0.2) is 5.97 Å². The number of hydrogen-bond acceptors (Lipinski definition) is 3. The molecule has 29 heavy (non-hydrogen) atoms. The predicted molar refractivity (Wildman–Crippen MR) is 102 cm³/mol. The summed E-state index contributed by atoms with van der Waals surface area (Å²) in [4.78, 5) is 12.5. The third-order valence-electron chi connectivity index (χ3n) is 4.03. The first kappa shape index (κ1) is 20.7. The molecule has 0 bridgehead atoms. The largest absolute Gasteiger partial charge is 0.457 e. The summed E-state index contributed by atoms with van der Waals surface area (Å²) in [6.45, 7) is -0.387. The standard InChI is InChI=1S/C21H14ClF4NO2/c22-17-8-4-9-18(23)16(17)12-29-20(28)15-7-1-2-10-19(15)27-14-6-3-5-13(11-14)21(24,25)26/h1-11,27H,12H2. The lowest BCUT2D eigenvalue weighted by atomic mass is 10.1. The molecule has 0 aliphatic rings. The van der Waals surface area contributed by atoms with Crippen molar-refractivity contribution in [2.75, 3.05) is 5.32 Å². The first-order valence-electron chi connectivity index (χ1n) is 8.39. The van der Waals surface area contributed by atoms with Gasteiger partial charge in [-0.25, -0.2) is 9.18 Å². The number of hydrogen-bond donors (Lipinski definition) is 1. The van der Waals surface area contributed by atoms with Gasteiger partial charge in [-0.3, -0.25) is 0 Å². The van der Waals surface area contributed by atoms with Crippen LogP contribution in [0.5, 0.6) is 0 Å². The summed E-state index contributed by atoms with van der Waals surface area (Å²) in [6, 6.07) is 14.8. The smallest absolute Gasteiger partial charge is 0.416 e. The van der Waals surface area contributed by atoms with E-state index < -0.39 is 23.5 Å². The van der Waals surface area contributed by atoms with Crippen LogP contribution in [0.2, 0.25) is 5.02 Å². The van der Waals surface area contributed by atoms with Crippen LogP contribution in [0.3, 0.4) is 0 Å². The Morgan fingerprint density at radius 1 is 1.00 bits per heavy atom. The van der Waals surface area contributed by atoms with Crippen LogP contribution in [0.1, 0.15) is 21.5 Å². The van der Waals surface area contributed by atoms with Gasteiger partial charge in [-0.1, -0.05) is 35.9 Å². The molecule has 8 heteroatoms. The van der Waals surface area contributed by atoms with Crippen LogP contribution in [-0.2, 0) is 17.5 Å². The number of benzene rings is 3. The van der Waals surface area contributed by atoms with E-state index in [-0.39, 0.29) is 34.1 Å². The average molecular weight is 424 g/mol. The summed E-state index contributed by atoms with van der Waals surface area (Å²) in [5.41, 5.74) is -0.311. The molecule has 0 heterocycles. The van der Waals surface area contributed by atoms with E-state index >= 15 is 0 Å². The van der Waals surface area contributed by atoms with Crippen LogP contribution in [0.15, 0.2) is 66.7 Å².